The van der Waals surface area contributed by atoms with E-state index in [0.717, 1.165) is 18.2 Å². The summed E-state index contributed by atoms with van der Waals surface area (Å²) in [5.74, 6) is -10.3. The van der Waals surface area contributed by atoms with E-state index < -0.39 is 52.3 Å². The molecule has 0 bridgehead atoms. The molecule has 0 aliphatic heterocycles. The molecule has 0 amide bonds. The van der Waals surface area contributed by atoms with E-state index in [1.54, 1.807) is 6.92 Å². The van der Waals surface area contributed by atoms with Gasteiger partial charge in [0.2, 0.25) is 5.82 Å². The Labute approximate surface area is 205 Å². The zero-order valence-corrected chi connectivity index (χ0v) is 18.9. The number of rotatable bonds is 7. The molecule has 37 heavy (non-hydrogen) atoms. The summed E-state index contributed by atoms with van der Waals surface area (Å²) in [6, 6.07) is 11.5. The molecule has 0 N–H and O–H groups in total. The summed E-state index contributed by atoms with van der Waals surface area (Å²) in [6.45, 7) is 1.78. The molecule has 0 aromatic heterocycles. The lowest BCUT2D eigenvalue weighted by atomic mass is 9.98. The van der Waals surface area contributed by atoms with Gasteiger partial charge in [-0.15, -0.1) is 0 Å². The number of alkyl halides is 2. The molecule has 10 heteroatoms. The van der Waals surface area contributed by atoms with Crippen molar-refractivity contribution in [2.24, 2.45) is 0 Å². The highest BCUT2D eigenvalue weighted by Crippen LogP contribution is 2.36. The molecule has 0 aliphatic rings. The van der Waals surface area contributed by atoms with Crippen molar-refractivity contribution in [3.05, 3.63) is 107 Å². The van der Waals surface area contributed by atoms with Crippen LogP contribution >= 0.6 is 0 Å². The van der Waals surface area contributed by atoms with Crippen LogP contribution in [0.2, 0.25) is 0 Å². The molecule has 2 nitrogen and oxygen atoms in total. The Morgan fingerprint density at radius 3 is 1.81 bits per heavy atom. The standard InChI is InChI=1S/C27H16F8O2/c1-2-36-23-10-8-18(24(31)26(23)33)15-5-3-14(4-6-15)16-7-9-19(20(28)11-16)27(34,35)37-17-12-21(29)25(32)22(30)13-17/h3-13H,2H2,1H3. The van der Waals surface area contributed by atoms with E-state index in [4.69, 9.17) is 4.74 Å². The van der Waals surface area contributed by atoms with Gasteiger partial charge in [0.1, 0.15) is 11.6 Å². The average Bonchev–Trinajstić information content (AvgIpc) is 2.85. The van der Waals surface area contributed by atoms with Gasteiger partial charge in [0.05, 0.1) is 12.2 Å². The second-order valence-electron chi connectivity index (χ2n) is 7.76. The first-order chi connectivity index (χ1) is 17.5. The Hall–Kier alpha value is -4.08. The van der Waals surface area contributed by atoms with E-state index in [9.17, 15) is 35.1 Å². The van der Waals surface area contributed by atoms with Crippen LogP contribution in [0.15, 0.2) is 66.7 Å². The molecular formula is C27H16F8O2. The first-order valence-electron chi connectivity index (χ1n) is 10.7. The van der Waals surface area contributed by atoms with Crippen LogP contribution in [-0.2, 0) is 6.11 Å². The van der Waals surface area contributed by atoms with Gasteiger partial charge in [-0.1, -0.05) is 30.3 Å². The third-order valence-corrected chi connectivity index (χ3v) is 5.36. The molecule has 0 saturated heterocycles. The third kappa shape index (κ3) is 5.23. The number of halogens is 8. The first-order valence-corrected chi connectivity index (χ1v) is 10.7. The van der Waals surface area contributed by atoms with Gasteiger partial charge in [0, 0.05) is 17.7 Å². The van der Waals surface area contributed by atoms with E-state index in [0.29, 0.717) is 11.1 Å². The maximum Gasteiger partial charge on any atom is 0.429 e. The van der Waals surface area contributed by atoms with Crippen molar-refractivity contribution >= 4 is 0 Å². The lowest BCUT2D eigenvalue weighted by Crippen LogP contribution is -2.23. The summed E-state index contributed by atoms with van der Waals surface area (Å²) in [6.07, 6.45) is -4.35. The van der Waals surface area contributed by atoms with Gasteiger partial charge in [-0.05, 0) is 47.9 Å². The first kappa shape index (κ1) is 26.0. The average molecular weight is 524 g/mol. The lowest BCUT2D eigenvalue weighted by Gasteiger charge is -2.19. The summed E-state index contributed by atoms with van der Waals surface area (Å²) in [5, 5.41) is 0. The molecule has 0 atom stereocenters. The molecule has 0 aliphatic carbocycles. The summed E-state index contributed by atoms with van der Waals surface area (Å²) in [4.78, 5) is 0. The van der Waals surface area contributed by atoms with Crippen LogP contribution < -0.4 is 9.47 Å². The second kappa shape index (κ2) is 10.1. The monoisotopic (exact) mass is 524 g/mol. The quantitative estimate of drug-likeness (QED) is 0.179. The summed E-state index contributed by atoms with van der Waals surface area (Å²) < 4.78 is 121. The fourth-order valence-electron chi connectivity index (χ4n) is 3.59. The van der Waals surface area contributed by atoms with E-state index in [2.05, 4.69) is 4.74 Å². The minimum Gasteiger partial charge on any atom is -0.491 e. The topological polar surface area (TPSA) is 18.5 Å². The van der Waals surface area contributed by atoms with Crippen molar-refractivity contribution in [2.75, 3.05) is 6.61 Å². The molecule has 0 radical (unpaired) electrons. The van der Waals surface area contributed by atoms with Crippen molar-refractivity contribution in [3.8, 4) is 33.8 Å². The predicted octanol–water partition coefficient (Wildman–Crippen LogP) is 8.38. The van der Waals surface area contributed by atoms with Crippen LogP contribution in [-0.4, -0.2) is 6.61 Å². The van der Waals surface area contributed by atoms with Gasteiger partial charge < -0.3 is 9.47 Å². The SMILES string of the molecule is CCOc1ccc(-c2ccc(-c3ccc(C(F)(F)Oc4cc(F)c(F)c(F)c4)c(F)c3)cc2)c(F)c1F. The van der Waals surface area contributed by atoms with E-state index in [-0.39, 0.29) is 35.6 Å². The van der Waals surface area contributed by atoms with E-state index >= 15 is 0 Å². The van der Waals surface area contributed by atoms with Crippen LogP contribution in [0.4, 0.5) is 35.1 Å². The van der Waals surface area contributed by atoms with Crippen molar-refractivity contribution in [3.63, 3.8) is 0 Å². The number of hydrogen-bond acceptors (Lipinski definition) is 2. The van der Waals surface area contributed by atoms with Crippen LogP contribution in [0.3, 0.4) is 0 Å². The molecule has 0 spiro atoms. The molecule has 4 aromatic carbocycles. The fourth-order valence-corrected chi connectivity index (χ4v) is 3.59. The van der Waals surface area contributed by atoms with Crippen LogP contribution in [0.1, 0.15) is 12.5 Å². The predicted molar refractivity (Wildman–Crippen MR) is 119 cm³/mol. The third-order valence-electron chi connectivity index (χ3n) is 5.36. The second-order valence-corrected chi connectivity index (χ2v) is 7.76. The van der Waals surface area contributed by atoms with Crippen molar-refractivity contribution in [1.82, 2.24) is 0 Å². The highest BCUT2D eigenvalue weighted by molar-refractivity contribution is 5.71. The smallest absolute Gasteiger partial charge is 0.429 e. The summed E-state index contributed by atoms with van der Waals surface area (Å²) >= 11 is 0. The minimum absolute atomic E-state index is 0.0421. The van der Waals surface area contributed by atoms with Crippen LogP contribution in [0.5, 0.6) is 11.5 Å². The molecular weight excluding hydrogens is 508 g/mol. The van der Waals surface area contributed by atoms with Crippen molar-refractivity contribution < 1.29 is 44.6 Å². The summed E-state index contributed by atoms with van der Waals surface area (Å²) in [7, 11) is 0. The molecule has 4 aromatic rings. The highest BCUT2D eigenvalue weighted by atomic mass is 19.3. The molecule has 192 valence electrons. The van der Waals surface area contributed by atoms with Crippen molar-refractivity contribution in [1.29, 1.82) is 0 Å². The Bertz CT molecular complexity index is 1430. The number of benzene rings is 4. The lowest BCUT2D eigenvalue weighted by molar-refractivity contribution is -0.187. The Morgan fingerprint density at radius 2 is 1.22 bits per heavy atom. The van der Waals surface area contributed by atoms with E-state index in [1.165, 1.54) is 36.4 Å². The van der Waals surface area contributed by atoms with Gasteiger partial charge in [0.25, 0.3) is 0 Å². The van der Waals surface area contributed by atoms with Crippen molar-refractivity contribution in [2.45, 2.75) is 13.0 Å². The normalized spacial score (nSPS) is 11.5. The van der Waals surface area contributed by atoms with E-state index in [1.807, 2.05) is 0 Å². The Morgan fingerprint density at radius 1 is 0.622 bits per heavy atom. The van der Waals surface area contributed by atoms with Crippen LogP contribution in [0.25, 0.3) is 22.3 Å². The maximum atomic E-state index is 14.6. The van der Waals surface area contributed by atoms with Crippen LogP contribution in [0, 0.1) is 34.9 Å². The minimum atomic E-state index is -4.35. The molecule has 0 unspecified atom stereocenters. The molecule has 4 rings (SSSR count). The van der Waals surface area contributed by atoms with Gasteiger partial charge in [0.15, 0.2) is 29.0 Å². The molecule has 0 heterocycles. The Kier molecular flexibility index (Phi) is 7.11. The zero-order valence-electron chi connectivity index (χ0n) is 18.9. The Balaban J connectivity index is 1.58. The number of ether oxygens (including phenoxy) is 2. The maximum absolute atomic E-state index is 14.6. The summed E-state index contributed by atoms with van der Waals surface area (Å²) in [5.41, 5.74) is -0.433. The van der Waals surface area contributed by atoms with Gasteiger partial charge in [-0.3, -0.25) is 0 Å². The van der Waals surface area contributed by atoms with Gasteiger partial charge in [-0.25, -0.2) is 22.0 Å². The number of hydrogen-bond donors (Lipinski definition) is 0. The highest BCUT2D eigenvalue weighted by Gasteiger charge is 2.38. The molecule has 0 fully saturated rings. The fraction of sp³-hybridized carbons (Fsp3) is 0.111. The molecule has 0 saturated carbocycles. The zero-order chi connectivity index (χ0) is 26.9. The largest absolute Gasteiger partial charge is 0.491 e. The van der Waals surface area contributed by atoms with Gasteiger partial charge >= 0.3 is 6.11 Å². The van der Waals surface area contributed by atoms with Gasteiger partial charge in [-0.2, -0.15) is 13.2 Å².